The Hall–Kier alpha value is -1.22. The maximum atomic E-state index is 5.41. The van der Waals surface area contributed by atoms with Gasteiger partial charge < -0.3 is 0 Å². The van der Waals surface area contributed by atoms with E-state index >= 15 is 0 Å². The summed E-state index contributed by atoms with van der Waals surface area (Å²) in [5.41, 5.74) is 4.04. The second kappa shape index (κ2) is 4.53. The highest BCUT2D eigenvalue weighted by atomic mass is 14.2. The minimum atomic E-state index is 0.902. The van der Waals surface area contributed by atoms with Gasteiger partial charge in [0.05, 0.1) is 0 Å². The van der Waals surface area contributed by atoms with Crippen LogP contribution < -0.4 is 0 Å². The Labute approximate surface area is 92.7 Å². The highest BCUT2D eigenvalue weighted by Crippen LogP contribution is 2.28. The molecular formula is C15H18. The zero-order chi connectivity index (χ0) is 10.7. The monoisotopic (exact) mass is 198 g/mol. The first kappa shape index (κ1) is 10.3. The van der Waals surface area contributed by atoms with Crippen LogP contribution in [-0.2, 0) is 12.8 Å². The molecule has 1 aliphatic carbocycles. The second-order valence-corrected chi connectivity index (χ2v) is 4.53. The largest absolute Gasteiger partial charge is 0.115 e. The van der Waals surface area contributed by atoms with E-state index in [1.54, 1.807) is 0 Å². The molecule has 0 saturated carbocycles. The summed E-state index contributed by atoms with van der Waals surface area (Å²) >= 11 is 0. The number of benzene rings is 1. The lowest BCUT2D eigenvalue weighted by atomic mass is 9.81. The van der Waals surface area contributed by atoms with Crippen molar-refractivity contribution in [2.45, 2.75) is 39.0 Å². The molecule has 15 heavy (non-hydrogen) atoms. The lowest BCUT2D eigenvalue weighted by Crippen LogP contribution is -2.14. The van der Waals surface area contributed by atoms with Crippen LogP contribution in [0.2, 0.25) is 0 Å². The molecular weight excluding hydrogens is 180 g/mol. The normalized spacial score (nSPS) is 19.3. The third kappa shape index (κ3) is 2.23. The molecule has 78 valence electrons. The number of fused-ring (bicyclic) bond motifs is 1. The zero-order valence-electron chi connectivity index (χ0n) is 9.42. The van der Waals surface area contributed by atoms with Gasteiger partial charge >= 0.3 is 0 Å². The van der Waals surface area contributed by atoms with Crippen molar-refractivity contribution in [1.29, 1.82) is 0 Å². The van der Waals surface area contributed by atoms with E-state index in [0.29, 0.717) is 0 Å². The zero-order valence-corrected chi connectivity index (χ0v) is 9.42. The predicted molar refractivity (Wildman–Crippen MR) is 64.8 cm³/mol. The quantitative estimate of drug-likeness (QED) is 0.637. The molecule has 0 fully saturated rings. The molecule has 0 amide bonds. The van der Waals surface area contributed by atoms with Gasteiger partial charge in [0.25, 0.3) is 0 Å². The van der Waals surface area contributed by atoms with Crippen molar-refractivity contribution >= 4 is 0 Å². The van der Waals surface area contributed by atoms with Crippen LogP contribution in [0.3, 0.4) is 0 Å². The second-order valence-electron chi connectivity index (χ2n) is 4.53. The summed E-state index contributed by atoms with van der Waals surface area (Å²) in [6.45, 7) is 2.27. The summed E-state index contributed by atoms with van der Waals surface area (Å²) in [6, 6.07) is 6.50. The Balaban J connectivity index is 2.18. The average Bonchev–Trinajstić information content (AvgIpc) is 2.29. The molecule has 1 aromatic rings. The van der Waals surface area contributed by atoms with Crippen molar-refractivity contribution in [3.8, 4) is 12.3 Å². The van der Waals surface area contributed by atoms with Gasteiger partial charge in [-0.1, -0.05) is 31.8 Å². The van der Waals surface area contributed by atoms with E-state index in [-0.39, 0.29) is 0 Å². The average molecular weight is 198 g/mol. The number of rotatable bonds is 2. The number of hydrogen-bond acceptors (Lipinski definition) is 0. The molecule has 0 N–H and O–H groups in total. The van der Waals surface area contributed by atoms with Crippen LogP contribution >= 0.6 is 0 Å². The van der Waals surface area contributed by atoms with Crippen LogP contribution in [0, 0.1) is 18.3 Å². The molecule has 0 spiro atoms. The van der Waals surface area contributed by atoms with Gasteiger partial charge in [0, 0.05) is 5.56 Å². The van der Waals surface area contributed by atoms with Gasteiger partial charge in [-0.2, -0.15) is 0 Å². The molecule has 0 saturated heterocycles. The van der Waals surface area contributed by atoms with Gasteiger partial charge in [0.15, 0.2) is 0 Å². The van der Waals surface area contributed by atoms with Crippen LogP contribution in [-0.4, -0.2) is 0 Å². The molecule has 1 aliphatic rings. The standard InChI is InChI=1S/C15H18/c1-3-5-13-7-9-14-10-12(4-2)6-8-15(14)11-13/h2,6,8,10,13H,3,5,7,9,11H2,1H3. The molecule has 2 rings (SSSR count). The molecule has 0 bridgehead atoms. The molecule has 1 atom stereocenters. The van der Waals surface area contributed by atoms with Crippen LogP contribution in [0.4, 0.5) is 0 Å². The molecule has 0 nitrogen and oxygen atoms in total. The summed E-state index contributed by atoms with van der Waals surface area (Å²) in [5, 5.41) is 0. The van der Waals surface area contributed by atoms with Crippen LogP contribution in [0.25, 0.3) is 0 Å². The van der Waals surface area contributed by atoms with Crippen molar-refractivity contribution in [1.82, 2.24) is 0 Å². The Bertz CT molecular complexity index is 382. The van der Waals surface area contributed by atoms with Crippen molar-refractivity contribution in [2.75, 3.05) is 0 Å². The molecule has 0 heteroatoms. The van der Waals surface area contributed by atoms with Gasteiger partial charge in [-0.3, -0.25) is 0 Å². The molecule has 0 radical (unpaired) electrons. The van der Waals surface area contributed by atoms with Crippen molar-refractivity contribution < 1.29 is 0 Å². The molecule has 0 aromatic heterocycles. The first-order valence-corrected chi connectivity index (χ1v) is 5.92. The van der Waals surface area contributed by atoms with Gasteiger partial charge in [0.1, 0.15) is 0 Å². The van der Waals surface area contributed by atoms with Crippen LogP contribution in [0.15, 0.2) is 18.2 Å². The minimum absolute atomic E-state index is 0.902. The van der Waals surface area contributed by atoms with Gasteiger partial charge in [0.2, 0.25) is 0 Å². The molecule has 1 unspecified atom stereocenters. The summed E-state index contributed by atoms with van der Waals surface area (Å²) in [6.07, 6.45) is 11.9. The van der Waals surface area contributed by atoms with Crippen LogP contribution in [0.1, 0.15) is 42.9 Å². The van der Waals surface area contributed by atoms with E-state index in [1.165, 1.54) is 43.2 Å². The van der Waals surface area contributed by atoms with Crippen molar-refractivity contribution in [3.63, 3.8) is 0 Å². The van der Waals surface area contributed by atoms with E-state index in [4.69, 9.17) is 6.42 Å². The summed E-state index contributed by atoms with van der Waals surface area (Å²) in [5.74, 6) is 3.62. The highest BCUT2D eigenvalue weighted by Gasteiger charge is 2.17. The Morgan fingerprint density at radius 3 is 3.00 bits per heavy atom. The lowest BCUT2D eigenvalue weighted by molar-refractivity contribution is 0.423. The number of hydrogen-bond donors (Lipinski definition) is 0. The SMILES string of the molecule is C#Cc1ccc2c(c1)CCC(CCC)C2. The van der Waals surface area contributed by atoms with Crippen LogP contribution in [0.5, 0.6) is 0 Å². The fourth-order valence-electron chi connectivity index (χ4n) is 2.57. The van der Waals surface area contributed by atoms with Gasteiger partial charge in [-0.05, 0) is 48.4 Å². The third-order valence-corrected chi connectivity index (χ3v) is 3.40. The molecule has 0 aliphatic heterocycles. The van der Waals surface area contributed by atoms with E-state index < -0.39 is 0 Å². The van der Waals surface area contributed by atoms with Crippen molar-refractivity contribution in [3.05, 3.63) is 34.9 Å². The smallest absolute Gasteiger partial charge is 0.0245 e. The lowest BCUT2D eigenvalue weighted by Gasteiger charge is -2.24. The highest BCUT2D eigenvalue weighted by molar-refractivity contribution is 5.41. The first-order valence-electron chi connectivity index (χ1n) is 5.92. The molecule has 0 heterocycles. The van der Waals surface area contributed by atoms with Crippen molar-refractivity contribution in [2.24, 2.45) is 5.92 Å². The number of aryl methyl sites for hydroxylation is 1. The summed E-state index contributed by atoms with van der Waals surface area (Å²) in [7, 11) is 0. The summed E-state index contributed by atoms with van der Waals surface area (Å²) < 4.78 is 0. The fraction of sp³-hybridized carbons (Fsp3) is 0.467. The Morgan fingerprint density at radius 1 is 1.40 bits per heavy atom. The Kier molecular flexibility index (Phi) is 3.11. The van der Waals surface area contributed by atoms with E-state index in [2.05, 4.69) is 31.0 Å². The van der Waals surface area contributed by atoms with Gasteiger partial charge in [-0.25, -0.2) is 0 Å². The fourth-order valence-corrected chi connectivity index (χ4v) is 2.57. The van der Waals surface area contributed by atoms with Gasteiger partial charge in [-0.15, -0.1) is 6.42 Å². The minimum Gasteiger partial charge on any atom is -0.115 e. The van der Waals surface area contributed by atoms with E-state index in [1.807, 2.05) is 0 Å². The summed E-state index contributed by atoms with van der Waals surface area (Å²) in [4.78, 5) is 0. The maximum absolute atomic E-state index is 5.41. The molecule has 1 aromatic carbocycles. The first-order chi connectivity index (χ1) is 7.33. The predicted octanol–water partition coefficient (Wildman–Crippen LogP) is 3.57. The maximum Gasteiger partial charge on any atom is 0.0245 e. The van der Waals surface area contributed by atoms with E-state index in [9.17, 15) is 0 Å². The Morgan fingerprint density at radius 2 is 2.27 bits per heavy atom. The topological polar surface area (TPSA) is 0 Å². The third-order valence-electron chi connectivity index (χ3n) is 3.40. The van der Waals surface area contributed by atoms with E-state index in [0.717, 1.165) is 11.5 Å². The number of terminal acetylenes is 1.